The van der Waals surface area contributed by atoms with Gasteiger partial charge in [0.05, 0.1) is 7.11 Å². The van der Waals surface area contributed by atoms with Crippen LogP contribution in [0.5, 0.6) is 5.75 Å². The molecule has 0 bridgehead atoms. The van der Waals surface area contributed by atoms with Crippen LogP contribution in [0.25, 0.3) is 0 Å². The van der Waals surface area contributed by atoms with Crippen molar-refractivity contribution in [2.24, 2.45) is 5.41 Å². The molecule has 1 fully saturated rings. The molecule has 1 saturated carbocycles. The first-order valence-corrected chi connectivity index (χ1v) is 5.92. The minimum Gasteiger partial charge on any atom is -0.496 e. The molecule has 0 aromatic heterocycles. The normalized spacial score (nSPS) is 17.2. The van der Waals surface area contributed by atoms with Gasteiger partial charge in [-0.2, -0.15) is 0 Å². The molecule has 0 saturated heterocycles. The van der Waals surface area contributed by atoms with Gasteiger partial charge in [0.15, 0.2) is 0 Å². The molecule has 0 unspecified atom stereocenters. The Morgan fingerprint density at radius 3 is 2.62 bits per heavy atom. The number of aliphatic hydroxyl groups is 1. The maximum atomic E-state index is 9.35. The first-order valence-electron chi connectivity index (χ1n) is 5.54. The Balaban J connectivity index is 2.31. The maximum absolute atomic E-state index is 9.35. The number of benzene rings is 1. The Hall–Kier alpha value is -0.730. The summed E-state index contributed by atoms with van der Waals surface area (Å²) in [6.45, 7) is 2.24. The van der Waals surface area contributed by atoms with Crippen molar-refractivity contribution in [1.29, 1.82) is 0 Å². The number of methoxy groups -OCH3 is 1. The second kappa shape index (κ2) is 4.27. The highest BCUT2D eigenvalue weighted by Crippen LogP contribution is 2.49. The van der Waals surface area contributed by atoms with Crippen molar-refractivity contribution in [3.05, 3.63) is 28.3 Å². The highest BCUT2D eigenvalue weighted by atomic mass is 35.5. The van der Waals surface area contributed by atoms with E-state index in [-0.39, 0.29) is 12.0 Å². The molecule has 0 amide bonds. The topological polar surface area (TPSA) is 29.5 Å². The van der Waals surface area contributed by atoms with Gasteiger partial charge in [0, 0.05) is 11.6 Å². The van der Waals surface area contributed by atoms with E-state index in [0.717, 1.165) is 41.2 Å². The van der Waals surface area contributed by atoms with Crippen molar-refractivity contribution < 1.29 is 9.84 Å². The summed E-state index contributed by atoms with van der Waals surface area (Å²) in [7, 11) is 1.68. The summed E-state index contributed by atoms with van der Waals surface area (Å²) in [6, 6.07) is 3.85. The van der Waals surface area contributed by atoms with Crippen LogP contribution in [-0.2, 0) is 6.42 Å². The average molecular weight is 241 g/mol. The highest BCUT2D eigenvalue weighted by molar-refractivity contribution is 6.30. The minimum atomic E-state index is 0.0877. The van der Waals surface area contributed by atoms with E-state index in [1.165, 1.54) is 0 Å². The zero-order valence-electron chi connectivity index (χ0n) is 9.72. The van der Waals surface area contributed by atoms with Gasteiger partial charge in [-0.15, -0.1) is 0 Å². The molecule has 1 aromatic rings. The third kappa shape index (κ3) is 2.18. The van der Waals surface area contributed by atoms with Crippen molar-refractivity contribution in [2.75, 3.05) is 13.7 Å². The molecule has 0 heterocycles. The largest absolute Gasteiger partial charge is 0.496 e. The summed E-state index contributed by atoms with van der Waals surface area (Å²) in [4.78, 5) is 0. The molecular formula is C13H17ClO2. The zero-order valence-corrected chi connectivity index (χ0v) is 10.5. The van der Waals surface area contributed by atoms with E-state index in [0.29, 0.717) is 0 Å². The van der Waals surface area contributed by atoms with Crippen LogP contribution in [0.1, 0.15) is 24.0 Å². The van der Waals surface area contributed by atoms with Gasteiger partial charge < -0.3 is 9.84 Å². The fourth-order valence-corrected chi connectivity index (χ4v) is 2.49. The van der Waals surface area contributed by atoms with E-state index in [1.54, 1.807) is 7.11 Å². The fraction of sp³-hybridized carbons (Fsp3) is 0.538. The van der Waals surface area contributed by atoms with Crippen molar-refractivity contribution in [2.45, 2.75) is 26.2 Å². The van der Waals surface area contributed by atoms with E-state index < -0.39 is 0 Å². The van der Waals surface area contributed by atoms with Crippen molar-refractivity contribution >= 4 is 11.6 Å². The Bertz CT molecular complexity index is 397. The molecule has 3 heteroatoms. The minimum absolute atomic E-state index is 0.0877. The second-order valence-electron chi connectivity index (χ2n) is 4.75. The zero-order chi connectivity index (χ0) is 11.8. The molecule has 0 radical (unpaired) electrons. The van der Waals surface area contributed by atoms with Gasteiger partial charge in [-0.3, -0.25) is 0 Å². The molecule has 2 nitrogen and oxygen atoms in total. The lowest BCUT2D eigenvalue weighted by Crippen LogP contribution is -2.11. The number of ether oxygens (including phenoxy) is 1. The quantitative estimate of drug-likeness (QED) is 0.877. The number of aliphatic hydroxyl groups excluding tert-OH is 1. The first-order chi connectivity index (χ1) is 7.60. The van der Waals surface area contributed by atoms with Gasteiger partial charge in [-0.05, 0) is 54.9 Å². The lowest BCUT2D eigenvalue weighted by molar-refractivity contribution is 0.210. The van der Waals surface area contributed by atoms with Crippen LogP contribution >= 0.6 is 11.6 Å². The molecule has 1 aliphatic rings. The molecule has 0 aliphatic heterocycles. The Morgan fingerprint density at radius 1 is 1.44 bits per heavy atom. The Kier molecular flexibility index (Phi) is 3.13. The average Bonchev–Trinajstić information content (AvgIpc) is 2.98. The van der Waals surface area contributed by atoms with Crippen LogP contribution in [0, 0.1) is 12.3 Å². The number of rotatable bonds is 4. The predicted molar refractivity (Wildman–Crippen MR) is 65.2 cm³/mol. The molecular weight excluding hydrogens is 224 g/mol. The Labute approximate surface area is 101 Å². The third-order valence-electron chi connectivity index (χ3n) is 3.38. The Morgan fingerprint density at radius 2 is 2.12 bits per heavy atom. The second-order valence-corrected chi connectivity index (χ2v) is 5.19. The standard InChI is InChI=1S/C13H17ClO2/c1-9-5-11(14)6-10(12(9)16-2)7-13(8-15)3-4-13/h5-6,15H,3-4,7-8H2,1-2H3. The summed E-state index contributed by atoms with van der Waals surface area (Å²) in [6.07, 6.45) is 3.05. The van der Waals surface area contributed by atoms with Crippen molar-refractivity contribution in [3.63, 3.8) is 0 Å². The summed E-state index contributed by atoms with van der Waals surface area (Å²) < 4.78 is 5.41. The summed E-state index contributed by atoms with van der Waals surface area (Å²) >= 11 is 6.05. The monoisotopic (exact) mass is 240 g/mol. The van der Waals surface area contributed by atoms with Crippen LogP contribution in [0.15, 0.2) is 12.1 Å². The molecule has 16 heavy (non-hydrogen) atoms. The van der Waals surface area contributed by atoms with Crippen LogP contribution in [-0.4, -0.2) is 18.8 Å². The third-order valence-corrected chi connectivity index (χ3v) is 3.60. The molecule has 0 atom stereocenters. The van der Waals surface area contributed by atoms with Gasteiger partial charge in [0.1, 0.15) is 5.75 Å². The van der Waals surface area contributed by atoms with E-state index >= 15 is 0 Å². The van der Waals surface area contributed by atoms with E-state index in [2.05, 4.69) is 0 Å². The molecule has 2 rings (SSSR count). The van der Waals surface area contributed by atoms with Crippen molar-refractivity contribution in [1.82, 2.24) is 0 Å². The fourth-order valence-electron chi connectivity index (χ4n) is 2.19. The highest BCUT2D eigenvalue weighted by Gasteiger charge is 2.42. The summed E-state index contributed by atoms with van der Waals surface area (Å²) in [5.74, 6) is 0.907. The molecule has 0 spiro atoms. The number of aryl methyl sites for hydroxylation is 1. The molecule has 1 aromatic carbocycles. The predicted octanol–water partition coefficient (Wildman–Crippen LogP) is 2.97. The van der Waals surface area contributed by atoms with Crippen LogP contribution < -0.4 is 4.74 Å². The van der Waals surface area contributed by atoms with E-state index in [1.807, 2.05) is 19.1 Å². The van der Waals surface area contributed by atoms with Gasteiger partial charge in [0.2, 0.25) is 0 Å². The summed E-state index contributed by atoms with van der Waals surface area (Å²) in [5, 5.41) is 10.1. The van der Waals surface area contributed by atoms with E-state index in [9.17, 15) is 5.11 Å². The molecule has 88 valence electrons. The number of hydrogen-bond acceptors (Lipinski definition) is 2. The summed E-state index contributed by atoms with van der Waals surface area (Å²) in [5.41, 5.74) is 2.25. The number of halogens is 1. The van der Waals surface area contributed by atoms with Crippen molar-refractivity contribution in [3.8, 4) is 5.75 Å². The molecule has 1 N–H and O–H groups in total. The first kappa shape index (κ1) is 11.7. The maximum Gasteiger partial charge on any atom is 0.125 e. The lowest BCUT2D eigenvalue weighted by atomic mass is 9.95. The lowest BCUT2D eigenvalue weighted by Gasteiger charge is -2.16. The van der Waals surface area contributed by atoms with Crippen LogP contribution in [0.2, 0.25) is 5.02 Å². The van der Waals surface area contributed by atoms with Crippen LogP contribution in [0.4, 0.5) is 0 Å². The molecule has 1 aliphatic carbocycles. The van der Waals surface area contributed by atoms with Gasteiger partial charge in [-0.1, -0.05) is 11.6 Å². The van der Waals surface area contributed by atoms with Gasteiger partial charge >= 0.3 is 0 Å². The smallest absolute Gasteiger partial charge is 0.125 e. The van der Waals surface area contributed by atoms with Gasteiger partial charge in [-0.25, -0.2) is 0 Å². The van der Waals surface area contributed by atoms with Crippen LogP contribution in [0.3, 0.4) is 0 Å². The number of hydrogen-bond donors (Lipinski definition) is 1. The van der Waals surface area contributed by atoms with Gasteiger partial charge in [0.25, 0.3) is 0 Å². The SMILES string of the molecule is COc1c(C)cc(Cl)cc1CC1(CO)CC1. The van der Waals surface area contributed by atoms with E-state index in [4.69, 9.17) is 16.3 Å².